The minimum absolute atomic E-state index is 0.0162. The Morgan fingerprint density at radius 3 is 2.62 bits per heavy atom. The molecule has 0 atom stereocenters. The molecule has 1 saturated carbocycles. The van der Waals surface area contributed by atoms with Crippen molar-refractivity contribution < 1.29 is 9.84 Å². The van der Waals surface area contributed by atoms with Gasteiger partial charge in [-0.25, -0.2) is 0 Å². The fourth-order valence-corrected chi connectivity index (χ4v) is 2.34. The molecular weight excluding hydrogens is 262 g/mol. The molecule has 0 heterocycles. The van der Waals surface area contributed by atoms with Crippen molar-refractivity contribution in [2.24, 2.45) is 0 Å². The van der Waals surface area contributed by atoms with E-state index in [0.717, 1.165) is 29.2 Å². The van der Waals surface area contributed by atoms with Gasteiger partial charge in [-0.15, -0.1) is 0 Å². The number of para-hydroxylation sites is 1. The first-order valence-corrected chi connectivity index (χ1v) is 7.46. The molecule has 1 aliphatic rings. The third-order valence-electron chi connectivity index (χ3n) is 3.74. The van der Waals surface area contributed by atoms with Crippen molar-refractivity contribution in [2.75, 3.05) is 0 Å². The summed E-state index contributed by atoms with van der Waals surface area (Å²) in [5, 5.41) is 12.9. The number of nitrogens with one attached hydrogen (secondary N) is 1. The molecule has 2 aromatic rings. The third-order valence-corrected chi connectivity index (χ3v) is 3.74. The van der Waals surface area contributed by atoms with Gasteiger partial charge in [0, 0.05) is 23.7 Å². The van der Waals surface area contributed by atoms with Crippen molar-refractivity contribution in [1.29, 1.82) is 0 Å². The van der Waals surface area contributed by atoms with Gasteiger partial charge in [0.05, 0.1) is 6.61 Å². The number of hydrogen-bond donors (Lipinski definition) is 2. The van der Waals surface area contributed by atoms with Gasteiger partial charge in [-0.05, 0) is 31.9 Å². The van der Waals surface area contributed by atoms with Gasteiger partial charge >= 0.3 is 0 Å². The van der Waals surface area contributed by atoms with Crippen molar-refractivity contribution in [3.63, 3.8) is 0 Å². The zero-order valence-corrected chi connectivity index (χ0v) is 12.3. The molecule has 1 fully saturated rings. The summed E-state index contributed by atoms with van der Waals surface area (Å²) >= 11 is 0. The Balaban J connectivity index is 1.82. The maximum atomic E-state index is 9.40. The number of ether oxygens (including phenoxy) is 1. The Labute approximate surface area is 125 Å². The number of benzene rings is 2. The Kier molecular flexibility index (Phi) is 4.23. The summed E-state index contributed by atoms with van der Waals surface area (Å²) in [4.78, 5) is 0. The summed E-state index contributed by atoms with van der Waals surface area (Å²) in [7, 11) is 0. The van der Waals surface area contributed by atoms with E-state index in [1.165, 1.54) is 18.4 Å². The lowest BCUT2D eigenvalue weighted by Gasteiger charge is -2.14. The molecule has 1 aliphatic carbocycles. The normalized spacial score (nSPS) is 14.2. The van der Waals surface area contributed by atoms with Crippen molar-refractivity contribution in [1.82, 2.24) is 5.32 Å². The van der Waals surface area contributed by atoms with E-state index in [9.17, 15) is 5.11 Å². The molecule has 0 unspecified atom stereocenters. The molecule has 2 aromatic carbocycles. The van der Waals surface area contributed by atoms with Crippen molar-refractivity contribution in [3.8, 4) is 11.5 Å². The largest absolute Gasteiger partial charge is 0.457 e. The molecule has 0 amide bonds. The average molecular weight is 283 g/mol. The molecule has 21 heavy (non-hydrogen) atoms. The van der Waals surface area contributed by atoms with Gasteiger partial charge in [0.2, 0.25) is 0 Å². The van der Waals surface area contributed by atoms with E-state index in [2.05, 4.69) is 24.4 Å². The SMILES string of the molecule is Cc1ccc(Oc2ccccc2CO)c(CNC2CC2)c1. The molecule has 0 saturated heterocycles. The minimum Gasteiger partial charge on any atom is -0.457 e. The van der Waals surface area contributed by atoms with E-state index in [-0.39, 0.29) is 6.61 Å². The van der Waals surface area contributed by atoms with Crippen LogP contribution in [0.25, 0.3) is 0 Å². The van der Waals surface area contributed by atoms with Crippen LogP contribution >= 0.6 is 0 Å². The van der Waals surface area contributed by atoms with Crippen LogP contribution < -0.4 is 10.1 Å². The zero-order chi connectivity index (χ0) is 14.7. The molecule has 0 radical (unpaired) electrons. The molecule has 0 spiro atoms. The van der Waals surface area contributed by atoms with Crippen molar-refractivity contribution in [3.05, 3.63) is 59.2 Å². The van der Waals surface area contributed by atoms with Crippen LogP contribution in [-0.2, 0) is 13.2 Å². The Morgan fingerprint density at radius 1 is 1.10 bits per heavy atom. The summed E-state index contributed by atoms with van der Waals surface area (Å²) in [6, 6.07) is 14.5. The number of aryl methyl sites for hydroxylation is 1. The first-order chi connectivity index (χ1) is 10.3. The quantitative estimate of drug-likeness (QED) is 0.852. The molecule has 3 nitrogen and oxygen atoms in total. The van der Waals surface area contributed by atoms with Crippen LogP contribution in [-0.4, -0.2) is 11.1 Å². The van der Waals surface area contributed by atoms with E-state index in [1.807, 2.05) is 30.3 Å². The highest BCUT2D eigenvalue weighted by Gasteiger charge is 2.20. The van der Waals surface area contributed by atoms with Crippen LogP contribution in [0, 0.1) is 6.92 Å². The van der Waals surface area contributed by atoms with Gasteiger partial charge < -0.3 is 15.2 Å². The van der Waals surface area contributed by atoms with Crippen LogP contribution in [0.1, 0.15) is 29.5 Å². The number of hydrogen-bond acceptors (Lipinski definition) is 3. The van der Waals surface area contributed by atoms with Crippen LogP contribution in [0.5, 0.6) is 11.5 Å². The maximum Gasteiger partial charge on any atom is 0.132 e. The lowest BCUT2D eigenvalue weighted by atomic mass is 10.1. The van der Waals surface area contributed by atoms with E-state index in [1.54, 1.807) is 0 Å². The minimum atomic E-state index is -0.0162. The van der Waals surface area contributed by atoms with Crippen LogP contribution in [0.3, 0.4) is 0 Å². The number of aliphatic hydroxyl groups is 1. The van der Waals surface area contributed by atoms with E-state index in [4.69, 9.17) is 4.74 Å². The summed E-state index contributed by atoms with van der Waals surface area (Å²) in [6.07, 6.45) is 2.55. The summed E-state index contributed by atoms with van der Waals surface area (Å²) in [6.45, 7) is 2.90. The third kappa shape index (κ3) is 3.63. The standard InChI is InChI=1S/C18H21NO2/c1-13-6-9-18(15(10-13)11-19-16-7-8-16)21-17-5-3-2-4-14(17)12-20/h2-6,9-10,16,19-20H,7-8,11-12H2,1H3. The lowest BCUT2D eigenvalue weighted by Crippen LogP contribution is -2.15. The monoisotopic (exact) mass is 283 g/mol. The first kappa shape index (κ1) is 14.1. The van der Waals surface area contributed by atoms with E-state index in [0.29, 0.717) is 6.04 Å². The average Bonchev–Trinajstić information content (AvgIpc) is 3.32. The predicted octanol–water partition coefficient (Wildman–Crippen LogP) is 3.53. The second-order valence-electron chi connectivity index (χ2n) is 5.63. The van der Waals surface area contributed by atoms with Crippen LogP contribution in [0.2, 0.25) is 0 Å². The molecule has 3 rings (SSSR count). The number of aliphatic hydroxyl groups excluding tert-OH is 1. The highest BCUT2D eigenvalue weighted by molar-refractivity contribution is 5.42. The molecule has 110 valence electrons. The topological polar surface area (TPSA) is 41.5 Å². The predicted molar refractivity (Wildman–Crippen MR) is 83.5 cm³/mol. The smallest absolute Gasteiger partial charge is 0.132 e. The van der Waals surface area contributed by atoms with Gasteiger partial charge in [-0.2, -0.15) is 0 Å². The van der Waals surface area contributed by atoms with Gasteiger partial charge in [-0.3, -0.25) is 0 Å². The van der Waals surface area contributed by atoms with E-state index < -0.39 is 0 Å². The fraction of sp³-hybridized carbons (Fsp3) is 0.333. The maximum absolute atomic E-state index is 9.40. The van der Waals surface area contributed by atoms with Crippen molar-refractivity contribution in [2.45, 2.75) is 39.0 Å². The molecular formula is C18H21NO2. The van der Waals surface area contributed by atoms with Crippen LogP contribution in [0.4, 0.5) is 0 Å². The van der Waals surface area contributed by atoms with Gasteiger partial charge in [0.1, 0.15) is 11.5 Å². The fourth-order valence-electron chi connectivity index (χ4n) is 2.34. The van der Waals surface area contributed by atoms with Gasteiger partial charge in [0.25, 0.3) is 0 Å². The van der Waals surface area contributed by atoms with Gasteiger partial charge in [0.15, 0.2) is 0 Å². The van der Waals surface area contributed by atoms with Crippen LogP contribution in [0.15, 0.2) is 42.5 Å². The summed E-state index contributed by atoms with van der Waals surface area (Å²) in [5.41, 5.74) is 3.19. The first-order valence-electron chi connectivity index (χ1n) is 7.46. The molecule has 3 heteroatoms. The molecule has 0 bridgehead atoms. The zero-order valence-electron chi connectivity index (χ0n) is 12.3. The second kappa shape index (κ2) is 6.29. The van der Waals surface area contributed by atoms with Crippen molar-refractivity contribution >= 4 is 0 Å². The lowest BCUT2D eigenvalue weighted by molar-refractivity contribution is 0.276. The van der Waals surface area contributed by atoms with E-state index >= 15 is 0 Å². The Bertz CT molecular complexity index is 620. The molecule has 2 N–H and O–H groups in total. The molecule has 0 aliphatic heterocycles. The number of rotatable bonds is 6. The Hall–Kier alpha value is -1.84. The van der Waals surface area contributed by atoms with Gasteiger partial charge in [-0.1, -0.05) is 35.9 Å². The highest BCUT2D eigenvalue weighted by Crippen LogP contribution is 2.29. The summed E-state index contributed by atoms with van der Waals surface area (Å²) in [5.74, 6) is 1.58. The summed E-state index contributed by atoms with van der Waals surface area (Å²) < 4.78 is 6.04. The molecule has 0 aromatic heterocycles. The second-order valence-corrected chi connectivity index (χ2v) is 5.63. The Morgan fingerprint density at radius 2 is 1.86 bits per heavy atom. The highest BCUT2D eigenvalue weighted by atomic mass is 16.5.